The Morgan fingerprint density at radius 1 is 1.05 bits per heavy atom. The van der Waals surface area contributed by atoms with E-state index in [9.17, 15) is 9.59 Å². The average Bonchev–Trinajstić information content (AvgIpc) is 3.10. The molecule has 21 heavy (non-hydrogen) atoms. The SMILES string of the molecule is CC(C)CN(C(=O)N(CCC(=O)O)C1CC1)C1CCCC1. The molecule has 0 aliphatic heterocycles. The maximum Gasteiger partial charge on any atom is 0.320 e. The minimum absolute atomic E-state index is 0.0441. The van der Waals surface area contributed by atoms with Crippen molar-refractivity contribution in [2.24, 2.45) is 5.92 Å². The van der Waals surface area contributed by atoms with Crippen LogP contribution in [0, 0.1) is 5.92 Å². The van der Waals surface area contributed by atoms with Gasteiger partial charge < -0.3 is 14.9 Å². The molecule has 0 aromatic carbocycles. The highest BCUT2D eigenvalue weighted by molar-refractivity contribution is 5.76. The Hall–Kier alpha value is -1.26. The van der Waals surface area contributed by atoms with Gasteiger partial charge in [-0.25, -0.2) is 4.79 Å². The quantitative estimate of drug-likeness (QED) is 0.785. The van der Waals surface area contributed by atoms with E-state index in [1.54, 1.807) is 0 Å². The summed E-state index contributed by atoms with van der Waals surface area (Å²) in [5.74, 6) is -0.389. The first-order valence-corrected chi connectivity index (χ1v) is 8.28. The van der Waals surface area contributed by atoms with Crippen LogP contribution in [0.25, 0.3) is 0 Å². The van der Waals surface area contributed by atoms with Gasteiger partial charge in [-0.3, -0.25) is 4.79 Å². The van der Waals surface area contributed by atoms with E-state index in [2.05, 4.69) is 13.8 Å². The third-order valence-electron chi connectivity index (χ3n) is 4.37. The number of carbonyl (C=O) groups is 2. The molecule has 5 heteroatoms. The average molecular weight is 296 g/mol. The molecule has 0 heterocycles. The van der Waals surface area contributed by atoms with Crippen molar-refractivity contribution in [2.45, 2.75) is 70.9 Å². The highest BCUT2D eigenvalue weighted by Crippen LogP contribution is 2.31. The predicted molar refractivity (Wildman–Crippen MR) is 81.2 cm³/mol. The Morgan fingerprint density at radius 2 is 1.62 bits per heavy atom. The van der Waals surface area contributed by atoms with Crippen molar-refractivity contribution in [1.82, 2.24) is 9.80 Å². The number of hydrogen-bond donors (Lipinski definition) is 1. The molecule has 2 amide bonds. The largest absolute Gasteiger partial charge is 0.481 e. The van der Waals surface area contributed by atoms with Crippen molar-refractivity contribution in [2.75, 3.05) is 13.1 Å². The van der Waals surface area contributed by atoms with E-state index < -0.39 is 5.97 Å². The highest BCUT2D eigenvalue weighted by atomic mass is 16.4. The highest BCUT2D eigenvalue weighted by Gasteiger charge is 2.37. The molecular formula is C16H28N2O3. The van der Waals surface area contributed by atoms with Crippen LogP contribution < -0.4 is 0 Å². The zero-order valence-electron chi connectivity index (χ0n) is 13.3. The fourth-order valence-electron chi connectivity index (χ4n) is 3.19. The number of amides is 2. The lowest BCUT2D eigenvalue weighted by molar-refractivity contribution is -0.137. The first kappa shape index (κ1) is 16.1. The van der Waals surface area contributed by atoms with Crippen LogP contribution in [0.4, 0.5) is 4.79 Å². The summed E-state index contributed by atoms with van der Waals surface area (Å²) >= 11 is 0. The Balaban J connectivity index is 2.04. The van der Waals surface area contributed by atoms with Gasteiger partial charge in [-0.05, 0) is 31.6 Å². The molecule has 2 rings (SSSR count). The lowest BCUT2D eigenvalue weighted by Gasteiger charge is -2.35. The fourth-order valence-corrected chi connectivity index (χ4v) is 3.19. The van der Waals surface area contributed by atoms with E-state index in [1.807, 2.05) is 9.80 Å². The summed E-state index contributed by atoms with van der Waals surface area (Å²) in [7, 11) is 0. The third kappa shape index (κ3) is 4.61. The van der Waals surface area contributed by atoms with Gasteiger partial charge in [0.25, 0.3) is 0 Å². The van der Waals surface area contributed by atoms with Crippen molar-refractivity contribution < 1.29 is 14.7 Å². The second kappa shape index (κ2) is 7.14. The number of urea groups is 1. The first-order chi connectivity index (χ1) is 9.99. The van der Waals surface area contributed by atoms with E-state index >= 15 is 0 Å². The minimum Gasteiger partial charge on any atom is -0.481 e. The topological polar surface area (TPSA) is 60.9 Å². The fraction of sp³-hybridized carbons (Fsp3) is 0.875. The van der Waals surface area contributed by atoms with Crippen LogP contribution in [0.1, 0.15) is 58.8 Å². The monoisotopic (exact) mass is 296 g/mol. The Morgan fingerprint density at radius 3 is 2.10 bits per heavy atom. The maximum atomic E-state index is 12.9. The molecule has 0 atom stereocenters. The summed E-state index contributed by atoms with van der Waals surface area (Å²) in [5.41, 5.74) is 0. The van der Waals surface area contributed by atoms with E-state index in [0.29, 0.717) is 18.5 Å². The van der Waals surface area contributed by atoms with Crippen LogP contribution in [0.2, 0.25) is 0 Å². The van der Waals surface area contributed by atoms with Gasteiger partial charge in [-0.2, -0.15) is 0 Å². The van der Waals surface area contributed by atoms with Crippen LogP contribution in [0.3, 0.4) is 0 Å². The van der Waals surface area contributed by atoms with E-state index in [0.717, 1.165) is 32.2 Å². The van der Waals surface area contributed by atoms with Crippen molar-refractivity contribution >= 4 is 12.0 Å². The molecule has 2 fully saturated rings. The molecule has 2 aliphatic carbocycles. The molecule has 2 saturated carbocycles. The minimum atomic E-state index is -0.829. The molecule has 0 saturated heterocycles. The molecule has 5 nitrogen and oxygen atoms in total. The first-order valence-electron chi connectivity index (χ1n) is 8.28. The second-order valence-electron chi connectivity index (χ2n) is 6.84. The summed E-state index contributed by atoms with van der Waals surface area (Å²) in [6.07, 6.45) is 6.67. The van der Waals surface area contributed by atoms with Crippen LogP contribution in [0.15, 0.2) is 0 Å². The molecule has 0 spiro atoms. The van der Waals surface area contributed by atoms with Gasteiger partial charge in [0.15, 0.2) is 0 Å². The lowest BCUT2D eigenvalue weighted by atomic mass is 10.1. The number of rotatable bonds is 7. The van der Waals surface area contributed by atoms with Crippen LogP contribution in [0.5, 0.6) is 0 Å². The van der Waals surface area contributed by atoms with Gasteiger partial charge in [0.05, 0.1) is 6.42 Å². The normalized spacial score (nSPS) is 19.0. The summed E-state index contributed by atoms with van der Waals surface area (Å²) in [4.78, 5) is 27.6. The summed E-state index contributed by atoms with van der Waals surface area (Å²) in [5, 5.41) is 8.89. The number of nitrogens with zero attached hydrogens (tertiary/aromatic N) is 2. The second-order valence-corrected chi connectivity index (χ2v) is 6.84. The van der Waals surface area contributed by atoms with Gasteiger partial charge in [-0.15, -0.1) is 0 Å². The van der Waals surface area contributed by atoms with E-state index in [-0.39, 0.29) is 18.5 Å². The molecule has 0 unspecified atom stereocenters. The molecule has 120 valence electrons. The van der Waals surface area contributed by atoms with Gasteiger partial charge in [0, 0.05) is 25.2 Å². The van der Waals surface area contributed by atoms with Crippen molar-refractivity contribution in [3.63, 3.8) is 0 Å². The van der Waals surface area contributed by atoms with Crippen molar-refractivity contribution in [3.8, 4) is 0 Å². The van der Waals surface area contributed by atoms with Crippen LogP contribution >= 0.6 is 0 Å². The summed E-state index contributed by atoms with van der Waals surface area (Å²) < 4.78 is 0. The number of carbonyl (C=O) groups excluding carboxylic acids is 1. The Labute approximate surface area is 127 Å². The van der Waals surface area contributed by atoms with Crippen LogP contribution in [-0.2, 0) is 4.79 Å². The maximum absolute atomic E-state index is 12.9. The number of carboxylic acid groups (broad SMARTS) is 1. The molecular weight excluding hydrogens is 268 g/mol. The molecule has 0 aromatic rings. The van der Waals surface area contributed by atoms with Crippen molar-refractivity contribution in [3.05, 3.63) is 0 Å². The van der Waals surface area contributed by atoms with Crippen molar-refractivity contribution in [1.29, 1.82) is 0 Å². The molecule has 0 aromatic heterocycles. The summed E-state index contributed by atoms with van der Waals surface area (Å²) in [6, 6.07) is 0.693. The summed E-state index contributed by atoms with van der Waals surface area (Å²) in [6.45, 7) is 5.39. The standard InChI is InChI=1S/C16H28N2O3/c1-12(2)11-18(13-5-3-4-6-13)16(21)17(14-7-8-14)10-9-15(19)20/h12-14H,3-11H2,1-2H3,(H,19,20). The third-order valence-corrected chi connectivity index (χ3v) is 4.37. The van der Waals surface area contributed by atoms with Gasteiger partial charge >= 0.3 is 12.0 Å². The smallest absolute Gasteiger partial charge is 0.320 e. The number of carboxylic acids is 1. The predicted octanol–water partition coefficient (Wildman–Crippen LogP) is 2.95. The molecule has 0 bridgehead atoms. The van der Waals surface area contributed by atoms with Gasteiger partial charge in [-0.1, -0.05) is 26.7 Å². The van der Waals surface area contributed by atoms with Crippen LogP contribution in [-0.4, -0.2) is 52.1 Å². The zero-order chi connectivity index (χ0) is 15.4. The number of hydrogen-bond acceptors (Lipinski definition) is 2. The van der Waals surface area contributed by atoms with Gasteiger partial charge in [0.1, 0.15) is 0 Å². The zero-order valence-corrected chi connectivity index (χ0v) is 13.3. The van der Waals surface area contributed by atoms with E-state index in [4.69, 9.17) is 5.11 Å². The molecule has 1 N–H and O–H groups in total. The molecule has 0 radical (unpaired) electrons. The Bertz CT molecular complexity index is 374. The number of aliphatic carboxylic acids is 1. The van der Waals surface area contributed by atoms with Gasteiger partial charge in [0.2, 0.25) is 0 Å². The lowest BCUT2D eigenvalue weighted by Crippen LogP contribution is -2.50. The Kier molecular flexibility index (Phi) is 5.48. The van der Waals surface area contributed by atoms with E-state index in [1.165, 1.54) is 12.8 Å². The molecule has 2 aliphatic rings.